The van der Waals surface area contributed by atoms with Gasteiger partial charge in [0.2, 0.25) is 0 Å². The number of aromatic amines is 1. The van der Waals surface area contributed by atoms with Crippen molar-refractivity contribution in [3.05, 3.63) is 63.5 Å². The molecular formula is C20H16ClF3N6O3S. The van der Waals surface area contributed by atoms with Gasteiger partial charge in [0, 0.05) is 24.4 Å². The summed E-state index contributed by atoms with van der Waals surface area (Å²) in [5.74, 6) is -0.0761. The summed E-state index contributed by atoms with van der Waals surface area (Å²) in [6.45, 7) is 0. The van der Waals surface area contributed by atoms with E-state index in [0.29, 0.717) is 0 Å². The molecule has 3 heterocycles. The zero-order valence-corrected chi connectivity index (χ0v) is 19.1. The third-order valence-corrected chi connectivity index (χ3v) is 6.09. The van der Waals surface area contributed by atoms with Gasteiger partial charge in [-0.3, -0.25) is 14.6 Å². The van der Waals surface area contributed by atoms with Gasteiger partial charge < -0.3 is 10.6 Å². The fourth-order valence-electron chi connectivity index (χ4n) is 3.23. The maximum atomic E-state index is 13.0. The summed E-state index contributed by atoms with van der Waals surface area (Å²) in [6, 6.07) is 8.87. The molecule has 14 heteroatoms. The number of fused-ring (bicyclic) bond motifs is 1. The monoisotopic (exact) mass is 512 g/mol. The fraction of sp³-hybridized carbons (Fsp3) is 0.150. The number of anilines is 4. The number of alkyl halides is 3. The summed E-state index contributed by atoms with van der Waals surface area (Å²) in [4.78, 5) is 20.3. The number of hydrogen-bond acceptors (Lipinski definition) is 7. The molecule has 0 radical (unpaired) electrons. The van der Waals surface area contributed by atoms with E-state index in [2.05, 4.69) is 25.7 Å². The van der Waals surface area contributed by atoms with Crippen LogP contribution in [0.15, 0.2) is 52.2 Å². The maximum absolute atomic E-state index is 13.0. The second kappa shape index (κ2) is 8.33. The van der Waals surface area contributed by atoms with Gasteiger partial charge in [-0.25, -0.2) is 18.4 Å². The van der Waals surface area contributed by atoms with Crippen LogP contribution < -0.4 is 16.2 Å². The molecule has 178 valence electrons. The Morgan fingerprint density at radius 1 is 1.03 bits per heavy atom. The number of H-pyrrole nitrogens is 1. The van der Waals surface area contributed by atoms with E-state index >= 15 is 0 Å². The van der Waals surface area contributed by atoms with Crippen molar-refractivity contribution in [1.82, 2.24) is 19.7 Å². The largest absolute Gasteiger partial charge is 0.433 e. The van der Waals surface area contributed by atoms with Crippen molar-refractivity contribution in [2.24, 2.45) is 7.05 Å². The molecule has 1 aromatic carbocycles. The average molecular weight is 513 g/mol. The molecule has 0 saturated heterocycles. The molecule has 0 atom stereocenters. The number of halogens is 4. The number of rotatable bonds is 5. The van der Waals surface area contributed by atoms with Crippen LogP contribution in [-0.4, -0.2) is 34.4 Å². The van der Waals surface area contributed by atoms with Crippen LogP contribution in [0.2, 0.25) is 5.02 Å². The lowest BCUT2D eigenvalue weighted by Crippen LogP contribution is -2.12. The summed E-state index contributed by atoms with van der Waals surface area (Å²) < 4.78 is 64.7. The van der Waals surface area contributed by atoms with Crippen molar-refractivity contribution in [1.29, 1.82) is 0 Å². The Morgan fingerprint density at radius 3 is 2.44 bits per heavy atom. The molecule has 0 amide bonds. The van der Waals surface area contributed by atoms with Gasteiger partial charge in [0.25, 0.3) is 5.56 Å². The van der Waals surface area contributed by atoms with Gasteiger partial charge >= 0.3 is 6.18 Å². The zero-order chi connectivity index (χ0) is 24.8. The van der Waals surface area contributed by atoms with Crippen molar-refractivity contribution in [2.45, 2.75) is 11.1 Å². The predicted molar refractivity (Wildman–Crippen MR) is 122 cm³/mol. The minimum absolute atomic E-state index is 0.0542. The molecule has 0 unspecified atom stereocenters. The Morgan fingerprint density at radius 2 is 1.76 bits per heavy atom. The van der Waals surface area contributed by atoms with Crippen LogP contribution >= 0.6 is 11.6 Å². The predicted octanol–water partition coefficient (Wildman–Crippen LogP) is 4.22. The number of aromatic nitrogens is 4. The van der Waals surface area contributed by atoms with E-state index in [9.17, 15) is 26.4 Å². The summed E-state index contributed by atoms with van der Waals surface area (Å²) >= 11 is 5.95. The van der Waals surface area contributed by atoms with Gasteiger partial charge in [0.15, 0.2) is 15.5 Å². The van der Waals surface area contributed by atoms with Gasteiger partial charge in [0.05, 0.1) is 16.3 Å². The maximum Gasteiger partial charge on any atom is 0.433 e. The first-order valence-corrected chi connectivity index (χ1v) is 11.8. The Labute approximate surface area is 195 Å². The van der Waals surface area contributed by atoms with E-state index in [1.165, 1.54) is 43.4 Å². The van der Waals surface area contributed by atoms with Crippen molar-refractivity contribution in [2.75, 3.05) is 16.9 Å². The van der Waals surface area contributed by atoms with Crippen LogP contribution in [0.5, 0.6) is 0 Å². The lowest BCUT2D eigenvalue weighted by molar-refractivity contribution is -0.141. The van der Waals surface area contributed by atoms with E-state index in [1.54, 1.807) is 0 Å². The Bertz CT molecular complexity index is 1580. The van der Waals surface area contributed by atoms with E-state index in [4.69, 9.17) is 11.6 Å². The zero-order valence-electron chi connectivity index (χ0n) is 17.5. The van der Waals surface area contributed by atoms with Crippen LogP contribution in [-0.2, 0) is 23.1 Å². The minimum Gasteiger partial charge on any atom is -0.354 e. The highest BCUT2D eigenvalue weighted by atomic mass is 35.5. The van der Waals surface area contributed by atoms with Gasteiger partial charge in [0.1, 0.15) is 22.7 Å². The first kappa shape index (κ1) is 23.6. The summed E-state index contributed by atoms with van der Waals surface area (Å²) in [6.07, 6.45) is -3.63. The molecule has 0 bridgehead atoms. The SMILES string of the molecule is Cn1[nH]c2nc(Nc3cccc(C(F)(F)F)n3)cc(Nc3ccc(Cl)cc3S(C)(=O)=O)c2c1=O. The Balaban J connectivity index is 1.83. The lowest BCUT2D eigenvalue weighted by Gasteiger charge is -2.14. The fourth-order valence-corrected chi connectivity index (χ4v) is 4.32. The molecule has 4 rings (SSSR count). The number of benzene rings is 1. The van der Waals surface area contributed by atoms with Gasteiger partial charge in [-0.15, -0.1) is 0 Å². The van der Waals surface area contributed by atoms with Gasteiger partial charge in [-0.05, 0) is 30.3 Å². The number of pyridine rings is 2. The number of hydrogen-bond donors (Lipinski definition) is 3. The number of nitrogens with zero attached hydrogens (tertiary/aromatic N) is 3. The molecule has 0 fully saturated rings. The Hall–Kier alpha value is -3.58. The van der Waals surface area contributed by atoms with E-state index in [0.717, 1.165) is 17.0 Å². The molecule has 9 nitrogen and oxygen atoms in total. The summed E-state index contributed by atoms with van der Waals surface area (Å²) in [5.41, 5.74) is -1.13. The number of nitrogens with one attached hydrogen (secondary N) is 3. The highest BCUT2D eigenvalue weighted by Gasteiger charge is 2.32. The van der Waals surface area contributed by atoms with E-state index in [1.807, 2.05) is 0 Å². The third kappa shape index (κ3) is 4.70. The molecule has 34 heavy (non-hydrogen) atoms. The molecule has 4 aromatic rings. The van der Waals surface area contributed by atoms with Gasteiger partial charge in [-0.2, -0.15) is 13.2 Å². The molecule has 0 aliphatic rings. The average Bonchev–Trinajstić information content (AvgIpc) is 3.02. The van der Waals surface area contributed by atoms with Crippen LogP contribution in [0.1, 0.15) is 5.69 Å². The smallest absolute Gasteiger partial charge is 0.354 e. The normalized spacial score (nSPS) is 12.2. The van der Waals surface area contributed by atoms with E-state index < -0.39 is 27.3 Å². The second-order valence-corrected chi connectivity index (χ2v) is 9.74. The topological polar surface area (TPSA) is 122 Å². The molecule has 3 aromatic heterocycles. The highest BCUT2D eigenvalue weighted by Crippen LogP contribution is 2.32. The second-order valence-electron chi connectivity index (χ2n) is 7.32. The van der Waals surface area contributed by atoms with Crippen molar-refractivity contribution < 1.29 is 21.6 Å². The van der Waals surface area contributed by atoms with Crippen molar-refractivity contribution in [3.63, 3.8) is 0 Å². The van der Waals surface area contributed by atoms with Crippen molar-refractivity contribution in [3.8, 4) is 0 Å². The molecule has 0 saturated carbocycles. The van der Waals surface area contributed by atoms with Crippen LogP contribution in [0, 0.1) is 0 Å². The van der Waals surface area contributed by atoms with E-state index in [-0.39, 0.29) is 44.0 Å². The van der Waals surface area contributed by atoms with Gasteiger partial charge in [-0.1, -0.05) is 17.7 Å². The van der Waals surface area contributed by atoms with Crippen LogP contribution in [0.25, 0.3) is 11.0 Å². The first-order chi connectivity index (χ1) is 15.8. The third-order valence-electron chi connectivity index (χ3n) is 4.72. The quantitative estimate of drug-likeness (QED) is 0.366. The summed E-state index contributed by atoms with van der Waals surface area (Å²) in [5, 5.41) is 8.65. The van der Waals surface area contributed by atoms with Crippen LogP contribution in [0.3, 0.4) is 0 Å². The molecular weight excluding hydrogens is 497 g/mol. The molecule has 3 N–H and O–H groups in total. The summed E-state index contributed by atoms with van der Waals surface area (Å²) in [7, 11) is -2.24. The first-order valence-electron chi connectivity index (χ1n) is 9.50. The van der Waals surface area contributed by atoms with Crippen LogP contribution in [0.4, 0.5) is 36.2 Å². The molecule has 0 aliphatic heterocycles. The minimum atomic E-state index is -4.64. The molecule has 0 aliphatic carbocycles. The number of aryl methyl sites for hydroxylation is 1. The standard InChI is InChI=1S/C20H16ClF3N6O3S/c1-30-19(31)17-12(25-11-7-6-10(21)8-13(11)34(2,32)33)9-16(28-18(17)29-30)27-15-5-3-4-14(26-15)20(22,23)24/h3-9H,1-2H3,(H3,25,26,27,28,29). The van der Waals surface area contributed by atoms with Crippen molar-refractivity contribution >= 4 is 55.5 Å². The highest BCUT2D eigenvalue weighted by molar-refractivity contribution is 7.90. The molecule has 0 spiro atoms. The Kier molecular flexibility index (Phi) is 5.77. The number of sulfone groups is 1. The lowest BCUT2D eigenvalue weighted by atomic mass is 10.2.